The van der Waals surface area contributed by atoms with Crippen LogP contribution in [0.5, 0.6) is 0 Å². The van der Waals surface area contributed by atoms with Gasteiger partial charge in [0, 0.05) is 20.1 Å². The van der Waals surface area contributed by atoms with Gasteiger partial charge in [-0.05, 0) is 31.9 Å². The second-order valence-electron chi connectivity index (χ2n) is 5.61. The average Bonchev–Trinajstić information content (AvgIpc) is 2.41. The van der Waals surface area contributed by atoms with Gasteiger partial charge in [0.2, 0.25) is 0 Å². The zero-order valence-electron chi connectivity index (χ0n) is 12.9. The van der Waals surface area contributed by atoms with Gasteiger partial charge in [0.05, 0.1) is 0 Å². The number of hydrogen-bond donors (Lipinski definition) is 3. The Hall–Kier alpha value is -2.24. The summed E-state index contributed by atoms with van der Waals surface area (Å²) < 4.78 is 5.17. The Morgan fingerprint density at radius 2 is 1.67 bits per heavy atom. The Bertz CT molecular complexity index is 495. The number of amides is 3. The van der Waals surface area contributed by atoms with E-state index in [1.807, 2.05) is 45.0 Å². The summed E-state index contributed by atoms with van der Waals surface area (Å²) in [7, 11) is 1.57. The molecule has 0 unspecified atom stereocenters. The Balaban J connectivity index is 2.49. The third kappa shape index (κ3) is 7.20. The van der Waals surface area contributed by atoms with Crippen LogP contribution in [0.15, 0.2) is 24.3 Å². The molecule has 1 aromatic rings. The summed E-state index contributed by atoms with van der Waals surface area (Å²) in [6.45, 7) is 6.26. The Morgan fingerprint density at radius 3 is 2.19 bits per heavy atom. The van der Waals surface area contributed by atoms with Gasteiger partial charge in [-0.25, -0.2) is 9.59 Å². The van der Waals surface area contributed by atoms with E-state index in [-0.39, 0.29) is 6.03 Å². The predicted molar refractivity (Wildman–Crippen MR) is 80.8 cm³/mol. The fraction of sp³-hybridized carbons (Fsp3) is 0.467. The SMILES string of the molecule is CNC(=O)NCc1cccc(CNC(=O)OC(C)(C)C)c1. The van der Waals surface area contributed by atoms with Gasteiger partial charge in [0.15, 0.2) is 0 Å². The smallest absolute Gasteiger partial charge is 0.407 e. The molecule has 0 spiro atoms. The molecular formula is C15H23N3O3. The zero-order valence-corrected chi connectivity index (χ0v) is 12.9. The van der Waals surface area contributed by atoms with Crippen molar-refractivity contribution in [2.75, 3.05) is 7.05 Å². The first kappa shape index (κ1) is 16.8. The monoisotopic (exact) mass is 293 g/mol. The van der Waals surface area contributed by atoms with Crippen molar-refractivity contribution in [3.05, 3.63) is 35.4 Å². The molecule has 0 aliphatic rings. The quantitative estimate of drug-likeness (QED) is 0.795. The van der Waals surface area contributed by atoms with Crippen LogP contribution in [-0.2, 0) is 17.8 Å². The number of benzene rings is 1. The number of rotatable bonds is 4. The summed E-state index contributed by atoms with van der Waals surface area (Å²) in [5.74, 6) is 0. The van der Waals surface area contributed by atoms with Gasteiger partial charge >= 0.3 is 12.1 Å². The van der Waals surface area contributed by atoms with Crippen molar-refractivity contribution in [3.8, 4) is 0 Å². The minimum absolute atomic E-state index is 0.229. The van der Waals surface area contributed by atoms with E-state index < -0.39 is 11.7 Å². The molecule has 0 radical (unpaired) electrons. The van der Waals surface area contributed by atoms with Crippen LogP contribution in [0.1, 0.15) is 31.9 Å². The average molecular weight is 293 g/mol. The third-order valence-electron chi connectivity index (χ3n) is 2.51. The van der Waals surface area contributed by atoms with Crippen molar-refractivity contribution in [2.24, 2.45) is 0 Å². The topological polar surface area (TPSA) is 79.5 Å². The van der Waals surface area contributed by atoms with Gasteiger partial charge < -0.3 is 20.7 Å². The lowest BCUT2D eigenvalue weighted by atomic mass is 10.1. The van der Waals surface area contributed by atoms with E-state index in [9.17, 15) is 9.59 Å². The first-order valence-electron chi connectivity index (χ1n) is 6.80. The van der Waals surface area contributed by atoms with E-state index in [0.29, 0.717) is 13.1 Å². The second kappa shape index (κ2) is 7.52. The summed E-state index contributed by atoms with van der Waals surface area (Å²) in [4.78, 5) is 22.7. The number of ether oxygens (including phenoxy) is 1. The Morgan fingerprint density at radius 1 is 1.10 bits per heavy atom. The molecule has 0 aliphatic carbocycles. The van der Waals surface area contributed by atoms with Crippen LogP contribution in [0.25, 0.3) is 0 Å². The number of alkyl carbamates (subject to hydrolysis) is 1. The highest BCUT2D eigenvalue weighted by Crippen LogP contribution is 2.08. The Labute approximate surface area is 125 Å². The van der Waals surface area contributed by atoms with Crippen molar-refractivity contribution in [2.45, 2.75) is 39.5 Å². The van der Waals surface area contributed by atoms with E-state index in [0.717, 1.165) is 11.1 Å². The minimum Gasteiger partial charge on any atom is -0.444 e. The largest absolute Gasteiger partial charge is 0.444 e. The molecule has 1 aromatic carbocycles. The van der Waals surface area contributed by atoms with Crippen molar-refractivity contribution >= 4 is 12.1 Å². The third-order valence-corrected chi connectivity index (χ3v) is 2.51. The molecule has 1 rings (SSSR count). The molecule has 3 amide bonds. The molecule has 0 bridgehead atoms. The van der Waals surface area contributed by atoms with Crippen LogP contribution in [0.4, 0.5) is 9.59 Å². The summed E-state index contributed by atoms with van der Waals surface area (Å²) >= 11 is 0. The molecule has 6 heteroatoms. The van der Waals surface area contributed by atoms with Crippen molar-refractivity contribution in [1.82, 2.24) is 16.0 Å². The molecule has 21 heavy (non-hydrogen) atoms. The van der Waals surface area contributed by atoms with Gasteiger partial charge in [0.25, 0.3) is 0 Å². The molecule has 0 saturated heterocycles. The molecule has 0 aromatic heterocycles. The Kier molecular flexibility index (Phi) is 6.02. The molecule has 3 N–H and O–H groups in total. The van der Waals surface area contributed by atoms with E-state index in [1.165, 1.54) is 0 Å². The van der Waals surface area contributed by atoms with Gasteiger partial charge in [-0.3, -0.25) is 0 Å². The van der Waals surface area contributed by atoms with Crippen LogP contribution in [-0.4, -0.2) is 24.8 Å². The van der Waals surface area contributed by atoms with Gasteiger partial charge in [-0.1, -0.05) is 24.3 Å². The first-order chi connectivity index (χ1) is 9.80. The van der Waals surface area contributed by atoms with E-state index in [1.54, 1.807) is 7.05 Å². The second-order valence-corrected chi connectivity index (χ2v) is 5.61. The highest BCUT2D eigenvalue weighted by atomic mass is 16.6. The fourth-order valence-corrected chi connectivity index (χ4v) is 1.61. The van der Waals surface area contributed by atoms with Crippen LogP contribution in [0.3, 0.4) is 0 Å². The summed E-state index contributed by atoms with van der Waals surface area (Å²) in [5.41, 5.74) is 1.39. The summed E-state index contributed by atoms with van der Waals surface area (Å²) in [6, 6.07) is 7.39. The van der Waals surface area contributed by atoms with Crippen LogP contribution >= 0.6 is 0 Å². The standard InChI is InChI=1S/C15H23N3O3/c1-15(2,3)21-14(20)18-10-12-7-5-6-11(8-12)9-17-13(19)16-4/h5-8H,9-10H2,1-4H3,(H,18,20)(H2,16,17,19). The van der Waals surface area contributed by atoms with Gasteiger partial charge in [-0.15, -0.1) is 0 Å². The van der Waals surface area contributed by atoms with Gasteiger partial charge in [-0.2, -0.15) is 0 Å². The predicted octanol–water partition coefficient (Wildman–Crippen LogP) is 2.14. The molecule has 0 saturated carbocycles. The molecule has 0 fully saturated rings. The molecule has 6 nitrogen and oxygen atoms in total. The highest BCUT2D eigenvalue weighted by molar-refractivity contribution is 5.73. The van der Waals surface area contributed by atoms with Crippen molar-refractivity contribution in [3.63, 3.8) is 0 Å². The maximum atomic E-state index is 11.6. The lowest BCUT2D eigenvalue weighted by Crippen LogP contribution is -2.32. The first-order valence-corrected chi connectivity index (χ1v) is 6.80. The number of hydrogen-bond acceptors (Lipinski definition) is 3. The molecule has 0 heterocycles. The summed E-state index contributed by atoms with van der Waals surface area (Å²) in [6.07, 6.45) is -0.448. The normalized spacial score (nSPS) is 10.7. The highest BCUT2D eigenvalue weighted by Gasteiger charge is 2.15. The van der Waals surface area contributed by atoms with Crippen molar-refractivity contribution < 1.29 is 14.3 Å². The molecule has 0 aliphatic heterocycles. The number of carbonyl (C=O) groups is 2. The minimum atomic E-state index is -0.511. The molecular weight excluding hydrogens is 270 g/mol. The fourth-order valence-electron chi connectivity index (χ4n) is 1.61. The van der Waals surface area contributed by atoms with E-state index in [2.05, 4.69) is 16.0 Å². The van der Waals surface area contributed by atoms with Gasteiger partial charge in [0.1, 0.15) is 5.60 Å². The van der Waals surface area contributed by atoms with Crippen LogP contribution < -0.4 is 16.0 Å². The molecule has 116 valence electrons. The maximum Gasteiger partial charge on any atom is 0.407 e. The molecule has 0 atom stereocenters. The maximum absolute atomic E-state index is 11.6. The van der Waals surface area contributed by atoms with Crippen molar-refractivity contribution in [1.29, 1.82) is 0 Å². The number of nitrogens with one attached hydrogen (secondary N) is 3. The number of urea groups is 1. The van der Waals surface area contributed by atoms with E-state index in [4.69, 9.17) is 4.74 Å². The van der Waals surface area contributed by atoms with Crippen LogP contribution in [0.2, 0.25) is 0 Å². The van der Waals surface area contributed by atoms with E-state index >= 15 is 0 Å². The lowest BCUT2D eigenvalue weighted by Gasteiger charge is -2.19. The zero-order chi connectivity index (χ0) is 15.9. The summed E-state index contributed by atoms with van der Waals surface area (Å²) in [5, 5.41) is 7.90. The van der Waals surface area contributed by atoms with Crippen LogP contribution in [0, 0.1) is 0 Å². The number of carbonyl (C=O) groups excluding carboxylic acids is 2. The lowest BCUT2D eigenvalue weighted by molar-refractivity contribution is 0.0523.